The van der Waals surface area contributed by atoms with E-state index in [1.165, 1.54) is 5.56 Å². The molecule has 3 N–H and O–H groups in total. The lowest BCUT2D eigenvalue weighted by molar-refractivity contribution is 0.702. The van der Waals surface area contributed by atoms with Crippen LogP contribution < -0.4 is 10.6 Å². The highest BCUT2D eigenvalue weighted by Gasteiger charge is 2.18. The van der Waals surface area contributed by atoms with E-state index in [1.807, 2.05) is 6.07 Å². The summed E-state index contributed by atoms with van der Waals surface area (Å²) in [6.45, 7) is 7.09. The van der Waals surface area contributed by atoms with E-state index in [9.17, 15) is 0 Å². The third-order valence-corrected chi connectivity index (χ3v) is 2.80. The fourth-order valence-electron chi connectivity index (χ4n) is 2.00. The second-order valence-corrected chi connectivity index (χ2v) is 4.00. The van der Waals surface area contributed by atoms with Gasteiger partial charge in [0, 0.05) is 12.2 Å². The molecule has 0 radical (unpaired) electrons. The summed E-state index contributed by atoms with van der Waals surface area (Å²) in [6, 6.07) is 8.33. The summed E-state index contributed by atoms with van der Waals surface area (Å²) in [4.78, 5) is 2.18. The monoisotopic (exact) mass is 219 g/mol. The van der Waals surface area contributed by atoms with Gasteiger partial charge in [0.25, 0.3) is 0 Å². The third kappa shape index (κ3) is 2.75. The molecule has 3 heteroatoms. The molecule has 0 aromatic heterocycles. The lowest BCUT2D eigenvalue weighted by atomic mass is 10.1. The summed E-state index contributed by atoms with van der Waals surface area (Å²) in [5.74, 6) is 0.242. The molecule has 0 bridgehead atoms. The van der Waals surface area contributed by atoms with Crippen LogP contribution >= 0.6 is 0 Å². The van der Waals surface area contributed by atoms with E-state index in [0.29, 0.717) is 0 Å². The molecule has 1 atom stereocenters. The predicted octanol–water partition coefficient (Wildman–Crippen LogP) is 2.54. The Hall–Kier alpha value is -1.51. The first-order valence-electron chi connectivity index (χ1n) is 5.77. The van der Waals surface area contributed by atoms with Crippen LogP contribution in [0.5, 0.6) is 0 Å². The molecular formula is C13H21N3. The summed E-state index contributed by atoms with van der Waals surface area (Å²) < 4.78 is 0. The van der Waals surface area contributed by atoms with Crippen LogP contribution in [0.4, 0.5) is 5.69 Å². The van der Waals surface area contributed by atoms with E-state index >= 15 is 0 Å². The highest BCUT2D eigenvalue weighted by Crippen LogP contribution is 2.19. The van der Waals surface area contributed by atoms with Crippen molar-refractivity contribution < 1.29 is 0 Å². The van der Waals surface area contributed by atoms with Gasteiger partial charge in [0.15, 0.2) is 0 Å². The lowest BCUT2D eigenvalue weighted by Crippen LogP contribution is -2.44. The molecule has 0 aliphatic heterocycles. The molecule has 1 aromatic rings. The van der Waals surface area contributed by atoms with Gasteiger partial charge in [0.1, 0.15) is 5.84 Å². The quantitative estimate of drug-likeness (QED) is 0.590. The molecule has 0 saturated carbocycles. The van der Waals surface area contributed by atoms with E-state index < -0.39 is 0 Å². The molecule has 0 spiro atoms. The van der Waals surface area contributed by atoms with Crippen molar-refractivity contribution in [2.24, 2.45) is 5.73 Å². The summed E-state index contributed by atoms with van der Waals surface area (Å²) in [7, 11) is 0. The Balaban J connectivity index is 3.01. The van der Waals surface area contributed by atoms with Gasteiger partial charge in [-0.3, -0.25) is 5.41 Å². The third-order valence-electron chi connectivity index (χ3n) is 2.80. The standard InChI is InChI=1S/C13H21N3/c1-4-12(13(14)15)16(5-2)11-8-6-7-10(3)9-11/h6-9,12H,4-5H2,1-3H3,(H3,14,15). The number of anilines is 1. The van der Waals surface area contributed by atoms with Crippen LogP contribution in [0.3, 0.4) is 0 Å². The molecular weight excluding hydrogens is 198 g/mol. The van der Waals surface area contributed by atoms with Crippen LogP contribution in [-0.2, 0) is 0 Å². The van der Waals surface area contributed by atoms with Crippen molar-refractivity contribution in [3.05, 3.63) is 29.8 Å². The molecule has 0 heterocycles. The average molecular weight is 219 g/mol. The van der Waals surface area contributed by atoms with Gasteiger partial charge in [-0.25, -0.2) is 0 Å². The van der Waals surface area contributed by atoms with E-state index in [4.69, 9.17) is 11.1 Å². The SMILES string of the molecule is CCC(C(=N)N)N(CC)c1cccc(C)c1. The second-order valence-electron chi connectivity index (χ2n) is 4.00. The maximum absolute atomic E-state index is 7.62. The van der Waals surface area contributed by atoms with Gasteiger partial charge in [-0.1, -0.05) is 19.1 Å². The van der Waals surface area contributed by atoms with Crippen molar-refractivity contribution >= 4 is 11.5 Å². The van der Waals surface area contributed by atoms with Crippen molar-refractivity contribution in [1.29, 1.82) is 5.41 Å². The van der Waals surface area contributed by atoms with Crippen molar-refractivity contribution in [2.75, 3.05) is 11.4 Å². The minimum Gasteiger partial charge on any atom is -0.386 e. The Morgan fingerprint density at radius 1 is 1.44 bits per heavy atom. The van der Waals surface area contributed by atoms with Crippen LogP contribution in [0.1, 0.15) is 25.8 Å². The fourth-order valence-corrected chi connectivity index (χ4v) is 2.00. The maximum Gasteiger partial charge on any atom is 0.114 e. The van der Waals surface area contributed by atoms with Crippen LogP contribution in [0, 0.1) is 12.3 Å². The van der Waals surface area contributed by atoms with Gasteiger partial charge < -0.3 is 10.6 Å². The van der Waals surface area contributed by atoms with E-state index in [2.05, 4.69) is 43.9 Å². The molecule has 1 rings (SSSR count). The molecule has 16 heavy (non-hydrogen) atoms. The predicted molar refractivity (Wildman–Crippen MR) is 70.2 cm³/mol. The minimum atomic E-state index is 0.00630. The number of hydrogen-bond acceptors (Lipinski definition) is 2. The minimum absolute atomic E-state index is 0.00630. The van der Waals surface area contributed by atoms with Gasteiger partial charge in [-0.15, -0.1) is 0 Å². The van der Waals surface area contributed by atoms with E-state index in [0.717, 1.165) is 18.7 Å². The molecule has 0 aliphatic carbocycles. The number of nitrogens with two attached hydrogens (primary N) is 1. The number of nitrogens with zero attached hydrogens (tertiary/aromatic N) is 1. The number of hydrogen-bond donors (Lipinski definition) is 2. The number of rotatable bonds is 5. The van der Waals surface area contributed by atoms with Crippen LogP contribution in [-0.4, -0.2) is 18.4 Å². The number of nitrogens with one attached hydrogen (secondary N) is 1. The van der Waals surface area contributed by atoms with Crippen LogP contribution in [0.2, 0.25) is 0 Å². The Morgan fingerprint density at radius 2 is 2.12 bits per heavy atom. The van der Waals surface area contributed by atoms with Gasteiger partial charge in [-0.2, -0.15) is 0 Å². The number of benzene rings is 1. The average Bonchev–Trinajstić information content (AvgIpc) is 2.25. The first-order valence-corrected chi connectivity index (χ1v) is 5.77. The molecule has 0 saturated heterocycles. The molecule has 0 fully saturated rings. The number of amidine groups is 1. The smallest absolute Gasteiger partial charge is 0.114 e. The molecule has 88 valence electrons. The molecule has 1 unspecified atom stereocenters. The summed E-state index contributed by atoms with van der Waals surface area (Å²) in [5, 5.41) is 7.62. The zero-order valence-electron chi connectivity index (χ0n) is 10.3. The second kappa shape index (κ2) is 5.54. The van der Waals surface area contributed by atoms with E-state index in [-0.39, 0.29) is 11.9 Å². The molecule has 1 aromatic carbocycles. The maximum atomic E-state index is 7.62. The Labute approximate surface area is 97.8 Å². The normalized spacial score (nSPS) is 12.2. The highest BCUT2D eigenvalue weighted by molar-refractivity contribution is 5.86. The molecule has 0 amide bonds. The number of likely N-dealkylation sites (N-methyl/N-ethyl adjacent to an activating group) is 1. The lowest BCUT2D eigenvalue weighted by Gasteiger charge is -2.31. The highest BCUT2D eigenvalue weighted by atomic mass is 15.2. The Morgan fingerprint density at radius 3 is 2.56 bits per heavy atom. The van der Waals surface area contributed by atoms with Gasteiger partial charge >= 0.3 is 0 Å². The van der Waals surface area contributed by atoms with Crippen molar-refractivity contribution in [3.8, 4) is 0 Å². The van der Waals surface area contributed by atoms with Gasteiger partial charge in [0.05, 0.1) is 6.04 Å². The zero-order chi connectivity index (χ0) is 12.1. The Kier molecular flexibility index (Phi) is 4.35. The fraction of sp³-hybridized carbons (Fsp3) is 0.462. The molecule has 3 nitrogen and oxygen atoms in total. The topological polar surface area (TPSA) is 53.1 Å². The molecule has 0 aliphatic rings. The van der Waals surface area contributed by atoms with Crippen LogP contribution in [0.25, 0.3) is 0 Å². The summed E-state index contributed by atoms with van der Waals surface area (Å²) in [6.07, 6.45) is 0.858. The van der Waals surface area contributed by atoms with Gasteiger partial charge in [-0.05, 0) is 38.0 Å². The van der Waals surface area contributed by atoms with Crippen molar-refractivity contribution in [1.82, 2.24) is 0 Å². The van der Waals surface area contributed by atoms with Crippen molar-refractivity contribution in [2.45, 2.75) is 33.2 Å². The first kappa shape index (κ1) is 12.6. The largest absolute Gasteiger partial charge is 0.386 e. The Bertz CT molecular complexity index is 360. The summed E-state index contributed by atoms with van der Waals surface area (Å²) in [5.41, 5.74) is 8.01. The van der Waals surface area contributed by atoms with Gasteiger partial charge in [0.2, 0.25) is 0 Å². The number of aryl methyl sites for hydroxylation is 1. The zero-order valence-corrected chi connectivity index (χ0v) is 10.3. The van der Waals surface area contributed by atoms with Crippen molar-refractivity contribution in [3.63, 3.8) is 0 Å². The summed E-state index contributed by atoms with van der Waals surface area (Å²) >= 11 is 0. The van der Waals surface area contributed by atoms with E-state index in [1.54, 1.807) is 0 Å². The van der Waals surface area contributed by atoms with Crippen LogP contribution in [0.15, 0.2) is 24.3 Å². The first-order chi connectivity index (χ1) is 7.60.